The zero-order chi connectivity index (χ0) is 11.9. The van der Waals surface area contributed by atoms with Crippen molar-refractivity contribution >= 4 is 0 Å². The standard InChI is InChI=1S/C12H28N2O/c1-6-14-11(4)12(5,15)7-8-13-9-10(2)3/h10-11,13-15H,6-9H2,1-5H3. The molecule has 0 aromatic carbocycles. The molecule has 0 saturated heterocycles. The lowest BCUT2D eigenvalue weighted by Crippen LogP contribution is -2.48. The molecule has 0 saturated carbocycles. The maximum Gasteiger partial charge on any atom is 0.0781 e. The second-order valence-corrected chi connectivity index (χ2v) is 4.98. The van der Waals surface area contributed by atoms with E-state index in [-0.39, 0.29) is 6.04 Å². The van der Waals surface area contributed by atoms with Gasteiger partial charge in [-0.2, -0.15) is 0 Å². The van der Waals surface area contributed by atoms with Crippen LogP contribution in [0.15, 0.2) is 0 Å². The zero-order valence-corrected chi connectivity index (χ0v) is 10.9. The third-order valence-electron chi connectivity index (χ3n) is 2.80. The largest absolute Gasteiger partial charge is 0.389 e. The van der Waals surface area contributed by atoms with Gasteiger partial charge in [0.2, 0.25) is 0 Å². The number of aliphatic hydroxyl groups is 1. The van der Waals surface area contributed by atoms with Crippen LogP contribution in [0.5, 0.6) is 0 Å². The van der Waals surface area contributed by atoms with Crippen LogP contribution in [-0.2, 0) is 0 Å². The van der Waals surface area contributed by atoms with E-state index in [4.69, 9.17) is 0 Å². The molecule has 0 radical (unpaired) electrons. The Balaban J connectivity index is 3.72. The molecule has 0 fully saturated rings. The van der Waals surface area contributed by atoms with Crippen LogP contribution < -0.4 is 10.6 Å². The summed E-state index contributed by atoms with van der Waals surface area (Å²) in [6.07, 6.45) is 0.786. The predicted octanol–water partition coefficient (Wildman–Crippen LogP) is 1.37. The highest BCUT2D eigenvalue weighted by atomic mass is 16.3. The summed E-state index contributed by atoms with van der Waals surface area (Å²) < 4.78 is 0. The molecule has 15 heavy (non-hydrogen) atoms. The monoisotopic (exact) mass is 216 g/mol. The predicted molar refractivity (Wildman–Crippen MR) is 66.1 cm³/mol. The molecule has 0 rings (SSSR count). The molecule has 0 spiro atoms. The van der Waals surface area contributed by atoms with Gasteiger partial charge in [-0.05, 0) is 45.8 Å². The minimum atomic E-state index is -0.625. The lowest BCUT2D eigenvalue weighted by molar-refractivity contribution is 0.0182. The molecule has 3 N–H and O–H groups in total. The van der Waals surface area contributed by atoms with Crippen LogP contribution in [0.2, 0.25) is 0 Å². The summed E-state index contributed by atoms with van der Waals surface area (Å²) in [5.74, 6) is 0.668. The topological polar surface area (TPSA) is 44.3 Å². The maximum absolute atomic E-state index is 10.2. The number of likely N-dealkylation sites (N-methyl/N-ethyl adjacent to an activating group) is 1. The highest BCUT2D eigenvalue weighted by Gasteiger charge is 2.26. The second-order valence-electron chi connectivity index (χ2n) is 4.98. The van der Waals surface area contributed by atoms with Crippen molar-refractivity contribution in [1.82, 2.24) is 10.6 Å². The smallest absolute Gasteiger partial charge is 0.0781 e. The van der Waals surface area contributed by atoms with Crippen LogP contribution in [0.4, 0.5) is 0 Å². The van der Waals surface area contributed by atoms with Crippen LogP contribution in [0.3, 0.4) is 0 Å². The Kier molecular flexibility index (Phi) is 7.14. The van der Waals surface area contributed by atoms with Crippen molar-refractivity contribution < 1.29 is 5.11 Å². The Morgan fingerprint density at radius 2 is 1.87 bits per heavy atom. The third-order valence-corrected chi connectivity index (χ3v) is 2.80. The minimum absolute atomic E-state index is 0.142. The first kappa shape index (κ1) is 14.9. The highest BCUT2D eigenvalue weighted by molar-refractivity contribution is 4.84. The Morgan fingerprint density at radius 1 is 1.27 bits per heavy atom. The van der Waals surface area contributed by atoms with Crippen LogP contribution in [0.25, 0.3) is 0 Å². The lowest BCUT2D eigenvalue weighted by atomic mass is 9.94. The molecule has 0 heterocycles. The average Bonchev–Trinajstić information content (AvgIpc) is 2.12. The third kappa shape index (κ3) is 6.88. The summed E-state index contributed by atoms with van der Waals surface area (Å²) in [6.45, 7) is 13.2. The molecular weight excluding hydrogens is 188 g/mol. The van der Waals surface area contributed by atoms with Gasteiger partial charge in [0.1, 0.15) is 0 Å². The molecule has 2 unspecified atom stereocenters. The summed E-state index contributed by atoms with van der Waals surface area (Å²) in [4.78, 5) is 0. The molecule has 0 aliphatic rings. The maximum atomic E-state index is 10.2. The molecule has 0 bridgehead atoms. The fourth-order valence-corrected chi connectivity index (χ4v) is 1.47. The molecule has 2 atom stereocenters. The molecule has 0 aromatic rings. The molecule has 3 heteroatoms. The van der Waals surface area contributed by atoms with E-state index in [0.29, 0.717) is 5.92 Å². The van der Waals surface area contributed by atoms with Gasteiger partial charge in [0.15, 0.2) is 0 Å². The molecule has 0 aromatic heterocycles. The summed E-state index contributed by atoms with van der Waals surface area (Å²) in [7, 11) is 0. The van der Waals surface area contributed by atoms with Crippen LogP contribution in [0.1, 0.15) is 41.0 Å². The van der Waals surface area contributed by atoms with E-state index in [9.17, 15) is 5.11 Å². The fraction of sp³-hybridized carbons (Fsp3) is 1.00. The van der Waals surface area contributed by atoms with Gasteiger partial charge in [-0.15, -0.1) is 0 Å². The van der Waals surface area contributed by atoms with Gasteiger partial charge >= 0.3 is 0 Å². The quantitative estimate of drug-likeness (QED) is 0.537. The average molecular weight is 216 g/mol. The van der Waals surface area contributed by atoms with E-state index in [1.807, 2.05) is 13.8 Å². The first-order valence-electron chi connectivity index (χ1n) is 6.06. The van der Waals surface area contributed by atoms with Crippen molar-refractivity contribution in [1.29, 1.82) is 0 Å². The molecule has 0 aliphatic carbocycles. The zero-order valence-electron chi connectivity index (χ0n) is 10.9. The minimum Gasteiger partial charge on any atom is -0.389 e. The first-order chi connectivity index (χ1) is 6.90. The van der Waals surface area contributed by atoms with Gasteiger partial charge in [0.25, 0.3) is 0 Å². The van der Waals surface area contributed by atoms with E-state index < -0.39 is 5.60 Å². The Morgan fingerprint density at radius 3 is 2.33 bits per heavy atom. The molecule has 92 valence electrons. The normalized spacial score (nSPS) is 17.8. The van der Waals surface area contributed by atoms with Crippen LogP contribution >= 0.6 is 0 Å². The lowest BCUT2D eigenvalue weighted by Gasteiger charge is -2.31. The summed E-state index contributed by atoms with van der Waals surface area (Å²) in [5.41, 5.74) is -0.625. The summed E-state index contributed by atoms with van der Waals surface area (Å²) >= 11 is 0. The highest BCUT2D eigenvalue weighted by Crippen LogP contribution is 2.13. The van der Waals surface area contributed by atoms with Crippen molar-refractivity contribution in [2.24, 2.45) is 5.92 Å². The molecule has 0 amide bonds. The van der Waals surface area contributed by atoms with Crippen molar-refractivity contribution in [3.63, 3.8) is 0 Å². The van der Waals surface area contributed by atoms with Crippen molar-refractivity contribution in [2.75, 3.05) is 19.6 Å². The van der Waals surface area contributed by atoms with E-state index in [1.165, 1.54) is 0 Å². The van der Waals surface area contributed by atoms with E-state index in [0.717, 1.165) is 26.1 Å². The SMILES string of the molecule is CCNC(C)C(C)(O)CCNCC(C)C. The number of hydrogen-bond donors (Lipinski definition) is 3. The number of rotatable bonds is 8. The van der Waals surface area contributed by atoms with Crippen LogP contribution in [-0.4, -0.2) is 36.4 Å². The van der Waals surface area contributed by atoms with Gasteiger partial charge in [0.05, 0.1) is 5.60 Å². The van der Waals surface area contributed by atoms with Gasteiger partial charge in [-0.3, -0.25) is 0 Å². The van der Waals surface area contributed by atoms with Crippen LogP contribution in [0, 0.1) is 5.92 Å². The van der Waals surface area contributed by atoms with Gasteiger partial charge in [0, 0.05) is 6.04 Å². The first-order valence-corrected chi connectivity index (χ1v) is 6.06. The summed E-state index contributed by atoms with van der Waals surface area (Å²) in [6, 6.07) is 0.142. The molecular formula is C12H28N2O. The van der Waals surface area contributed by atoms with Crippen molar-refractivity contribution in [3.8, 4) is 0 Å². The van der Waals surface area contributed by atoms with E-state index >= 15 is 0 Å². The number of nitrogens with one attached hydrogen (secondary N) is 2. The molecule has 3 nitrogen and oxygen atoms in total. The van der Waals surface area contributed by atoms with Crippen molar-refractivity contribution in [2.45, 2.75) is 52.7 Å². The van der Waals surface area contributed by atoms with Gasteiger partial charge in [-0.25, -0.2) is 0 Å². The second kappa shape index (κ2) is 7.20. The molecule has 0 aliphatic heterocycles. The van der Waals surface area contributed by atoms with Gasteiger partial charge in [-0.1, -0.05) is 20.8 Å². The van der Waals surface area contributed by atoms with Crippen molar-refractivity contribution in [3.05, 3.63) is 0 Å². The van der Waals surface area contributed by atoms with E-state index in [2.05, 4.69) is 31.4 Å². The summed E-state index contributed by atoms with van der Waals surface area (Å²) in [5, 5.41) is 16.8. The Hall–Kier alpha value is -0.120. The Bertz CT molecular complexity index is 158. The van der Waals surface area contributed by atoms with Gasteiger partial charge < -0.3 is 15.7 Å². The number of hydrogen-bond acceptors (Lipinski definition) is 3. The fourth-order valence-electron chi connectivity index (χ4n) is 1.47. The van der Waals surface area contributed by atoms with E-state index in [1.54, 1.807) is 0 Å². The Labute approximate surface area is 94.6 Å².